The predicted molar refractivity (Wildman–Crippen MR) is 97.1 cm³/mol. The molecule has 1 aromatic rings. The van der Waals surface area contributed by atoms with Crippen LogP contribution in [-0.2, 0) is 19.6 Å². The molecular formula is C16H22ClN3O4S. The molecule has 2 rings (SSSR count). The van der Waals surface area contributed by atoms with Crippen LogP contribution in [0.15, 0.2) is 24.3 Å². The number of sulfonamides is 1. The Morgan fingerprint density at radius 3 is 2.24 bits per heavy atom. The largest absolute Gasteiger partial charge is 0.342 e. The standard InChI is InChI=1S/C16H22ClN3O4S/c1-3-15(16(22)19-10-8-18(12-21)9-11-19)20(25(2,23)24)14-6-4-13(17)5-7-14/h4-7,12,15H,3,8-11H2,1-2H3/t15-/m1/s1. The fourth-order valence-electron chi connectivity index (χ4n) is 2.89. The number of amides is 2. The van der Waals surface area contributed by atoms with E-state index in [1.165, 1.54) is 0 Å². The number of hydrogen-bond donors (Lipinski definition) is 0. The summed E-state index contributed by atoms with van der Waals surface area (Å²) in [5.41, 5.74) is 0.402. The minimum absolute atomic E-state index is 0.256. The van der Waals surface area contributed by atoms with E-state index in [0.29, 0.717) is 43.3 Å². The molecule has 0 saturated carbocycles. The van der Waals surface area contributed by atoms with E-state index in [9.17, 15) is 18.0 Å². The normalized spacial score (nSPS) is 16.4. The fraction of sp³-hybridized carbons (Fsp3) is 0.500. The van der Waals surface area contributed by atoms with Crippen LogP contribution in [0.25, 0.3) is 0 Å². The van der Waals surface area contributed by atoms with Gasteiger partial charge in [0.2, 0.25) is 22.3 Å². The minimum atomic E-state index is -3.67. The molecule has 0 aromatic heterocycles. The molecule has 1 aromatic carbocycles. The molecule has 0 unspecified atom stereocenters. The van der Waals surface area contributed by atoms with Crippen LogP contribution in [0.3, 0.4) is 0 Å². The van der Waals surface area contributed by atoms with Gasteiger partial charge in [0.25, 0.3) is 0 Å². The van der Waals surface area contributed by atoms with Gasteiger partial charge in [-0.15, -0.1) is 0 Å². The van der Waals surface area contributed by atoms with Crippen molar-refractivity contribution in [3.05, 3.63) is 29.3 Å². The Hall–Kier alpha value is -1.80. The van der Waals surface area contributed by atoms with Crippen LogP contribution >= 0.6 is 11.6 Å². The molecular weight excluding hydrogens is 366 g/mol. The van der Waals surface area contributed by atoms with Crippen LogP contribution in [0, 0.1) is 0 Å². The van der Waals surface area contributed by atoms with Crippen molar-refractivity contribution in [3.63, 3.8) is 0 Å². The lowest BCUT2D eigenvalue weighted by Crippen LogP contribution is -2.55. The second-order valence-corrected chi connectivity index (χ2v) is 8.22. The van der Waals surface area contributed by atoms with Gasteiger partial charge >= 0.3 is 0 Å². The van der Waals surface area contributed by atoms with Crippen LogP contribution in [0.1, 0.15) is 13.3 Å². The summed E-state index contributed by atoms with van der Waals surface area (Å²) >= 11 is 5.88. The van der Waals surface area contributed by atoms with Gasteiger partial charge in [-0.2, -0.15) is 0 Å². The van der Waals surface area contributed by atoms with Crippen LogP contribution in [0.5, 0.6) is 0 Å². The molecule has 1 aliphatic rings. The summed E-state index contributed by atoms with van der Waals surface area (Å²) in [6.07, 6.45) is 2.18. The van der Waals surface area contributed by atoms with E-state index >= 15 is 0 Å². The van der Waals surface area contributed by atoms with Gasteiger partial charge in [-0.1, -0.05) is 18.5 Å². The van der Waals surface area contributed by atoms with Crippen molar-refractivity contribution < 1.29 is 18.0 Å². The third kappa shape index (κ3) is 4.64. The second kappa shape index (κ2) is 8.05. The summed E-state index contributed by atoms with van der Waals surface area (Å²) in [7, 11) is -3.67. The lowest BCUT2D eigenvalue weighted by molar-refractivity contribution is -0.136. The maximum Gasteiger partial charge on any atom is 0.246 e. The highest BCUT2D eigenvalue weighted by atomic mass is 35.5. The molecule has 1 atom stereocenters. The fourth-order valence-corrected chi connectivity index (χ4v) is 4.22. The highest BCUT2D eigenvalue weighted by Gasteiger charge is 2.35. The number of halogens is 1. The number of carbonyl (C=O) groups is 2. The second-order valence-electron chi connectivity index (χ2n) is 5.93. The first kappa shape index (κ1) is 19.5. The summed E-state index contributed by atoms with van der Waals surface area (Å²) in [5, 5.41) is 0.488. The Balaban J connectivity index is 2.29. The first-order valence-corrected chi connectivity index (χ1v) is 10.2. The zero-order valence-electron chi connectivity index (χ0n) is 14.3. The topological polar surface area (TPSA) is 78.0 Å². The number of piperazine rings is 1. The van der Waals surface area contributed by atoms with Crippen LogP contribution < -0.4 is 4.31 Å². The third-order valence-electron chi connectivity index (χ3n) is 4.17. The van der Waals surface area contributed by atoms with Gasteiger partial charge in [0.1, 0.15) is 6.04 Å². The number of nitrogens with zero attached hydrogens (tertiary/aromatic N) is 3. The molecule has 2 amide bonds. The molecule has 0 aliphatic carbocycles. The van der Waals surface area contributed by atoms with E-state index in [1.807, 2.05) is 0 Å². The van der Waals surface area contributed by atoms with Gasteiger partial charge in [0, 0.05) is 31.2 Å². The summed E-state index contributed by atoms with van der Waals surface area (Å²) in [5.74, 6) is -0.256. The average molecular weight is 388 g/mol. The predicted octanol–water partition coefficient (Wildman–Crippen LogP) is 1.19. The smallest absolute Gasteiger partial charge is 0.246 e. The SMILES string of the molecule is CC[C@H](C(=O)N1CCN(C=O)CC1)N(c1ccc(Cl)cc1)S(C)(=O)=O. The van der Waals surface area contributed by atoms with Crippen molar-refractivity contribution in [1.29, 1.82) is 0 Å². The molecule has 0 spiro atoms. The van der Waals surface area contributed by atoms with E-state index in [0.717, 1.165) is 17.0 Å². The van der Waals surface area contributed by atoms with Crippen molar-refractivity contribution in [2.45, 2.75) is 19.4 Å². The highest BCUT2D eigenvalue weighted by Crippen LogP contribution is 2.25. The Morgan fingerprint density at radius 1 is 1.24 bits per heavy atom. The summed E-state index contributed by atoms with van der Waals surface area (Å²) in [4.78, 5) is 27.0. The summed E-state index contributed by atoms with van der Waals surface area (Å²) in [6, 6.07) is 5.52. The van der Waals surface area contributed by atoms with Gasteiger partial charge in [0.05, 0.1) is 11.9 Å². The summed E-state index contributed by atoms with van der Waals surface area (Å²) in [6.45, 7) is 3.47. The van der Waals surface area contributed by atoms with Gasteiger partial charge < -0.3 is 9.80 Å². The average Bonchev–Trinajstić information content (AvgIpc) is 2.59. The van der Waals surface area contributed by atoms with Crippen LogP contribution in [-0.4, -0.2) is 69.0 Å². The lowest BCUT2D eigenvalue weighted by Gasteiger charge is -2.37. The van der Waals surface area contributed by atoms with Crippen molar-refractivity contribution in [3.8, 4) is 0 Å². The zero-order chi connectivity index (χ0) is 18.6. The molecule has 7 nitrogen and oxygen atoms in total. The molecule has 25 heavy (non-hydrogen) atoms. The van der Waals surface area contributed by atoms with E-state index < -0.39 is 16.1 Å². The molecule has 0 bridgehead atoms. The van der Waals surface area contributed by atoms with E-state index in [2.05, 4.69) is 0 Å². The molecule has 1 fully saturated rings. The summed E-state index contributed by atoms with van der Waals surface area (Å²) < 4.78 is 25.9. The molecule has 1 heterocycles. The quantitative estimate of drug-likeness (QED) is 0.687. The van der Waals surface area contributed by atoms with Crippen LogP contribution in [0.4, 0.5) is 5.69 Å². The van der Waals surface area contributed by atoms with Crippen molar-refractivity contribution in [2.75, 3.05) is 36.7 Å². The maximum absolute atomic E-state index is 12.9. The Kier molecular flexibility index (Phi) is 6.29. The number of anilines is 1. The van der Waals surface area contributed by atoms with Gasteiger partial charge in [-0.25, -0.2) is 8.42 Å². The zero-order valence-corrected chi connectivity index (χ0v) is 15.8. The Morgan fingerprint density at radius 2 is 1.80 bits per heavy atom. The van der Waals surface area contributed by atoms with Gasteiger partial charge in [-0.3, -0.25) is 13.9 Å². The third-order valence-corrected chi connectivity index (χ3v) is 5.60. The van der Waals surface area contributed by atoms with E-state index in [1.54, 1.807) is 41.0 Å². The highest BCUT2D eigenvalue weighted by molar-refractivity contribution is 7.92. The van der Waals surface area contributed by atoms with Crippen LogP contribution in [0.2, 0.25) is 5.02 Å². The van der Waals surface area contributed by atoms with Crippen molar-refractivity contribution in [1.82, 2.24) is 9.80 Å². The van der Waals surface area contributed by atoms with Gasteiger partial charge in [-0.05, 0) is 30.7 Å². The minimum Gasteiger partial charge on any atom is -0.342 e. The Labute approximate surface area is 153 Å². The maximum atomic E-state index is 12.9. The number of carbonyl (C=O) groups excluding carboxylic acids is 2. The molecule has 0 radical (unpaired) electrons. The number of benzene rings is 1. The van der Waals surface area contributed by atoms with E-state index in [-0.39, 0.29) is 5.91 Å². The number of hydrogen-bond acceptors (Lipinski definition) is 4. The molecule has 1 saturated heterocycles. The lowest BCUT2D eigenvalue weighted by atomic mass is 10.1. The molecule has 138 valence electrons. The molecule has 9 heteroatoms. The van der Waals surface area contributed by atoms with Gasteiger partial charge in [0.15, 0.2) is 0 Å². The number of rotatable bonds is 6. The van der Waals surface area contributed by atoms with Crippen molar-refractivity contribution in [2.24, 2.45) is 0 Å². The monoisotopic (exact) mass is 387 g/mol. The molecule has 0 N–H and O–H groups in total. The first-order chi connectivity index (χ1) is 11.8. The van der Waals surface area contributed by atoms with E-state index in [4.69, 9.17) is 11.6 Å². The molecule has 1 aliphatic heterocycles. The Bertz CT molecular complexity index is 715. The van der Waals surface area contributed by atoms with Crippen molar-refractivity contribution >= 4 is 39.6 Å². The first-order valence-electron chi connectivity index (χ1n) is 8.01.